The highest BCUT2D eigenvalue weighted by Crippen LogP contribution is 1.93. The summed E-state index contributed by atoms with van der Waals surface area (Å²) in [6, 6.07) is 0.495. The van der Waals surface area contributed by atoms with Crippen LogP contribution in [0.25, 0.3) is 0 Å². The molecule has 0 aromatic carbocycles. The maximum Gasteiger partial charge on any atom is 0.191 e. The number of nitrogens with zero attached hydrogens (tertiary/aromatic N) is 1. The number of guanidine groups is 1. The fourth-order valence-corrected chi connectivity index (χ4v) is 0.950. The first-order valence-corrected chi connectivity index (χ1v) is 3.90. The lowest BCUT2D eigenvalue weighted by atomic mass is 10.3. The lowest BCUT2D eigenvalue weighted by Crippen LogP contribution is -2.43. The van der Waals surface area contributed by atoms with Gasteiger partial charge in [-0.2, -0.15) is 0 Å². The number of rotatable bonds is 2. The first-order chi connectivity index (χ1) is 5.22. The molecule has 0 aliphatic carbocycles. The Hall–Kier alpha value is -0.770. The van der Waals surface area contributed by atoms with Gasteiger partial charge >= 0.3 is 0 Å². The van der Waals surface area contributed by atoms with Crippen LogP contribution < -0.4 is 10.6 Å². The summed E-state index contributed by atoms with van der Waals surface area (Å²) in [7, 11) is 0. The maximum atomic E-state index is 8.75. The number of aliphatic hydroxyl groups is 1. The Labute approximate surface area is 66.7 Å². The molecule has 0 radical (unpaired) electrons. The van der Waals surface area contributed by atoms with Crippen molar-refractivity contribution >= 4 is 5.96 Å². The Morgan fingerprint density at radius 3 is 3.00 bits per heavy atom. The van der Waals surface area contributed by atoms with Gasteiger partial charge in [0.1, 0.15) is 0 Å². The molecule has 1 rings (SSSR count). The van der Waals surface area contributed by atoms with E-state index in [1.807, 2.05) is 0 Å². The molecule has 0 aromatic rings. The number of hydrogen-bond acceptors (Lipinski definition) is 4. The fourth-order valence-electron chi connectivity index (χ4n) is 0.950. The summed E-state index contributed by atoms with van der Waals surface area (Å²) in [6.07, 6.45) is 0. The van der Waals surface area contributed by atoms with Gasteiger partial charge in [0, 0.05) is 6.04 Å². The molecule has 0 amide bonds. The van der Waals surface area contributed by atoms with E-state index in [1.165, 1.54) is 0 Å². The zero-order chi connectivity index (χ0) is 8.27. The number of hydrogen-bond donors (Lipinski definition) is 3. The summed E-state index contributed by atoms with van der Waals surface area (Å²) in [5, 5.41) is 14.9. The van der Waals surface area contributed by atoms with E-state index in [2.05, 4.69) is 29.5 Å². The first-order valence-electron chi connectivity index (χ1n) is 3.90. The van der Waals surface area contributed by atoms with E-state index >= 15 is 0 Å². The van der Waals surface area contributed by atoms with E-state index in [1.54, 1.807) is 0 Å². The highest BCUT2D eigenvalue weighted by atomic mass is 16.3. The summed E-state index contributed by atoms with van der Waals surface area (Å²) in [5.41, 5.74) is 0. The quantitative estimate of drug-likeness (QED) is 0.497. The summed E-state index contributed by atoms with van der Waals surface area (Å²) >= 11 is 0. The van der Waals surface area contributed by atoms with Crippen LogP contribution in [0.5, 0.6) is 0 Å². The molecule has 4 nitrogen and oxygen atoms in total. The van der Waals surface area contributed by atoms with Crippen molar-refractivity contribution in [2.45, 2.75) is 25.9 Å². The summed E-state index contributed by atoms with van der Waals surface area (Å²) in [5.74, 6) is 0.805. The zero-order valence-corrected chi connectivity index (χ0v) is 6.96. The number of aliphatic hydroxyl groups excluding tert-OH is 1. The van der Waals surface area contributed by atoms with Crippen LogP contribution in [0, 0.1) is 0 Å². The number of nitrogens with one attached hydrogen (secondary N) is 2. The average molecular weight is 157 g/mol. The van der Waals surface area contributed by atoms with E-state index in [4.69, 9.17) is 5.11 Å². The van der Waals surface area contributed by atoms with Gasteiger partial charge in [-0.15, -0.1) is 0 Å². The highest BCUT2D eigenvalue weighted by Gasteiger charge is 2.15. The zero-order valence-electron chi connectivity index (χ0n) is 6.96. The molecule has 4 heteroatoms. The van der Waals surface area contributed by atoms with Crippen molar-refractivity contribution in [3.05, 3.63) is 0 Å². The minimum absolute atomic E-state index is 0.108. The SMILES string of the molecule is CC(C)NC1=NCC(CO)N1. The van der Waals surface area contributed by atoms with Crippen molar-refractivity contribution < 1.29 is 5.11 Å². The van der Waals surface area contributed by atoms with Gasteiger partial charge in [-0.3, -0.25) is 4.99 Å². The fraction of sp³-hybridized carbons (Fsp3) is 0.857. The summed E-state index contributed by atoms with van der Waals surface area (Å²) in [6.45, 7) is 4.92. The van der Waals surface area contributed by atoms with Crippen molar-refractivity contribution in [2.24, 2.45) is 4.99 Å². The predicted molar refractivity (Wildman–Crippen MR) is 44.6 cm³/mol. The van der Waals surface area contributed by atoms with Crippen molar-refractivity contribution in [1.29, 1.82) is 0 Å². The van der Waals surface area contributed by atoms with Crippen LogP contribution >= 0.6 is 0 Å². The third kappa shape index (κ3) is 2.38. The Morgan fingerprint density at radius 2 is 2.55 bits per heavy atom. The molecule has 1 heterocycles. The van der Waals surface area contributed by atoms with E-state index in [9.17, 15) is 0 Å². The minimum atomic E-state index is 0.108. The van der Waals surface area contributed by atoms with Gasteiger partial charge in [0.2, 0.25) is 0 Å². The Morgan fingerprint density at radius 1 is 1.82 bits per heavy atom. The van der Waals surface area contributed by atoms with Gasteiger partial charge in [0.15, 0.2) is 5.96 Å². The topological polar surface area (TPSA) is 56.7 Å². The van der Waals surface area contributed by atoms with Crippen LogP contribution in [-0.4, -0.2) is 36.3 Å². The second-order valence-electron chi connectivity index (χ2n) is 3.01. The lowest BCUT2D eigenvalue weighted by Gasteiger charge is -2.12. The van der Waals surface area contributed by atoms with Gasteiger partial charge in [0.05, 0.1) is 19.2 Å². The molecule has 0 saturated heterocycles. The predicted octanol–water partition coefficient (Wildman–Crippen LogP) is -0.696. The van der Waals surface area contributed by atoms with Gasteiger partial charge in [-0.1, -0.05) is 0 Å². The first kappa shape index (κ1) is 8.33. The monoisotopic (exact) mass is 157 g/mol. The van der Waals surface area contributed by atoms with Crippen molar-refractivity contribution in [3.63, 3.8) is 0 Å². The molecule has 1 aliphatic heterocycles. The minimum Gasteiger partial charge on any atom is -0.394 e. The highest BCUT2D eigenvalue weighted by molar-refractivity contribution is 5.81. The summed E-state index contributed by atoms with van der Waals surface area (Å²) in [4.78, 5) is 4.16. The normalized spacial score (nSPS) is 23.3. The van der Waals surface area contributed by atoms with Crippen LogP contribution in [0.3, 0.4) is 0 Å². The molecule has 1 unspecified atom stereocenters. The van der Waals surface area contributed by atoms with Gasteiger partial charge in [-0.25, -0.2) is 0 Å². The third-order valence-electron chi connectivity index (χ3n) is 1.46. The standard InChI is InChI=1S/C7H15N3O/c1-5(2)9-7-8-3-6(4-11)10-7/h5-6,11H,3-4H2,1-2H3,(H2,8,9,10). The van der Waals surface area contributed by atoms with E-state index in [0.717, 1.165) is 5.96 Å². The van der Waals surface area contributed by atoms with Crippen LogP contribution in [0.15, 0.2) is 4.99 Å². The molecule has 1 atom stereocenters. The van der Waals surface area contributed by atoms with Crippen molar-refractivity contribution in [2.75, 3.05) is 13.2 Å². The molecular weight excluding hydrogens is 142 g/mol. The van der Waals surface area contributed by atoms with Crippen LogP contribution in [0.4, 0.5) is 0 Å². The molecule has 0 fully saturated rings. The average Bonchev–Trinajstić information content (AvgIpc) is 2.34. The molecule has 64 valence electrons. The Kier molecular flexibility index (Phi) is 2.70. The van der Waals surface area contributed by atoms with Crippen molar-refractivity contribution in [3.8, 4) is 0 Å². The Bertz CT molecular complexity index is 156. The molecule has 0 saturated carbocycles. The Balaban J connectivity index is 2.28. The maximum absolute atomic E-state index is 8.75. The van der Waals surface area contributed by atoms with Gasteiger partial charge < -0.3 is 15.7 Å². The summed E-state index contributed by atoms with van der Waals surface area (Å²) < 4.78 is 0. The molecule has 0 bridgehead atoms. The number of aliphatic imine (C=N–C) groups is 1. The second-order valence-corrected chi connectivity index (χ2v) is 3.01. The molecule has 3 N–H and O–H groups in total. The van der Waals surface area contributed by atoms with Gasteiger partial charge in [-0.05, 0) is 13.8 Å². The van der Waals surface area contributed by atoms with E-state index < -0.39 is 0 Å². The van der Waals surface area contributed by atoms with Crippen LogP contribution in [-0.2, 0) is 0 Å². The molecule has 11 heavy (non-hydrogen) atoms. The smallest absolute Gasteiger partial charge is 0.191 e. The van der Waals surface area contributed by atoms with Crippen molar-refractivity contribution in [1.82, 2.24) is 10.6 Å². The largest absolute Gasteiger partial charge is 0.394 e. The van der Waals surface area contributed by atoms with E-state index in [-0.39, 0.29) is 12.6 Å². The molecule has 0 spiro atoms. The van der Waals surface area contributed by atoms with Crippen LogP contribution in [0.1, 0.15) is 13.8 Å². The van der Waals surface area contributed by atoms with Gasteiger partial charge in [0.25, 0.3) is 0 Å². The molecule has 0 aromatic heterocycles. The van der Waals surface area contributed by atoms with E-state index in [0.29, 0.717) is 12.6 Å². The molecular formula is C7H15N3O. The molecule has 1 aliphatic rings. The second kappa shape index (κ2) is 3.57. The lowest BCUT2D eigenvalue weighted by molar-refractivity contribution is 0.263. The van der Waals surface area contributed by atoms with Crippen LogP contribution in [0.2, 0.25) is 0 Å². The third-order valence-corrected chi connectivity index (χ3v) is 1.46.